The number of aromatic nitrogens is 1. The van der Waals surface area contributed by atoms with E-state index in [2.05, 4.69) is 20.9 Å². The first kappa shape index (κ1) is 12.4. The average molecular weight is 313 g/mol. The summed E-state index contributed by atoms with van der Waals surface area (Å²) in [5.74, 6) is 1.14. The van der Waals surface area contributed by atoms with Gasteiger partial charge in [0.2, 0.25) is 5.88 Å². The maximum Gasteiger partial charge on any atom is 0.233 e. The number of aryl methyl sites for hydroxylation is 2. The Morgan fingerprint density at radius 2 is 2.00 bits per heavy atom. The van der Waals surface area contributed by atoms with Crippen molar-refractivity contribution in [2.24, 2.45) is 0 Å². The van der Waals surface area contributed by atoms with Crippen LogP contribution in [-0.4, -0.2) is 4.98 Å². The first-order chi connectivity index (χ1) is 8.08. The van der Waals surface area contributed by atoms with E-state index < -0.39 is 0 Å². The van der Waals surface area contributed by atoms with Crippen LogP contribution in [0.25, 0.3) is 0 Å². The summed E-state index contributed by atoms with van der Waals surface area (Å²) in [5.41, 5.74) is 2.16. The Morgan fingerprint density at radius 3 is 2.76 bits per heavy atom. The zero-order chi connectivity index (χ0) is 12.4. The highest BCUT2D eigenvalue weighted by Gasteiger charge is 2.09. The molecule has 17 heavy (non-hydrogen) atoms. The van der Waals surface area contributed by atoms with Crippen LogP contribution < -0.4 is 4.74 Å². The van der Waals surface area contributed by atoms with Crippen molar-refractivity contribution in [3.8, 4) is 11.6 Å². The Hall–Kier alpha value is -1.06. The van der Waals surface area contributed by atoms with Gasteiger partial charge in [-0.05, 0) is 59.1 Å². The Morgan fingerprint density at radius 1 is 1.24 bits per heavy atom. The van der Waals surface area contributed by atoms with Gasteiger partial charge in [-0.2, -0.15) is 0 Å². The normalized spacial score (nSPS) is 10.4. The molecule has 0 spiro atoms. The monoisotopic (exact) mass is 311 g/mol. The molecule has 1 heterocycles. The topological polar surface area (TPSA) is 22.1 Å². The second-order valence-corrected chi connectivity index (χ2v) is 4.98. The quantitative estimate of drug-likeness (QED) is 0.786. The van der Waals surface area contributed by atoms with Gasteiger partial charge >= 0.3 is 0 Å². The van der Waals surface area contributed by atoms with Crippen LogP contribution in [0.3, 0.4) is 0 Å². The minimum absolute atomic E-state index is 0.525. The summed E-state index contributed by atoms with van der Waals surface area (Å²) in [5, 5.41) is 0.575. The van der Waals surface area contributed by atoms with Crippen molar-refractivity contribution in [1.29, 1.82) is 0 Å². The van der Waals surface area contributed by atoms with Crippen LogP contribution in [0.1, 0.15) is 11.1 Å². The number of hydrogen-bond donors (Lipinski definition) is 0. The van der Waals surface area contributed by atoms with Gasteiger partial charge in [-0.3, -0.25) is 0 Å². The highest BCUT2D eigenvalue weighted by molar-refractivity contribution is 9.10. The van der Waals surface area contributed by atoms with E-state index in [-0.39, 0.29) is 0 Å². The lowest BCUT2D eigenvalue weighted by atomic mass is 10.2. The second-order valence-electron chi connectivity index (χ2n) is 3.78. The molecule has 2 aromatic rings. The first-order valence-electron chi connectivity index (χ1n) is 5.13. The molecule has 0 atom stereocenters. The molecule has 0 amide bonds. The van der Waals surface area contributed by atoms with E-state index in [4.69, 9.17) is 16.3 Å². The van der Waals surface area contributed by atoms with Gasteiger partial charge in [-0.1, -0.05) is 17.7 Å². The standard InChI is InChI=1S/C13H11BrClNO/c1-8-3-4-10(15)11(7-8)17-13-12(14)9(2)5-6-16-13/h3-7H,1-2H3. The van der Waals surface area contributed by atoms with Crippen molar-refractivity contribution >= 4 is 27.5 Å². The molecule has 88 valence electrons. The third-order valence-corrected chi connectivity index (χ3v) is 3.62. The predicted octanol–water partition coefficient (Wildman–Crippen LogP) is 4.91. The molecule has 4 heteroatoms. The average Bonchev–Trinajstić information content (AvgIpc) is 2.30. The smallest absolute Gasteiger partial charge is 0.233 e. The Kier molecular flexibility index (Phi) is 3.69. The van der Waals surface area contributed by atoms with Gasteiger partial charge in [0.15, 0.2) is 0 Å². The zero-order valence-corrected chi connectivity index (χ0v) is 11.8. The maximum absolute atomic E-state index is 6.07. The lowest BCUT2D eigenvalue weighted by molar-refractivity contribution is 0.459. The molecule has 0 saturated heterocycles. The number of ether oxygens (including phenoxy) is 1. The number of benzene rings is 1. The van der Waals surface area contributed by atoms with Crippen molar-refractivity contribution in [2.75, 3.05) is 0 Å². The molecule has 0 aliphatic rings. The molecular weight excluding hydrogens is 302 g/mol. The highest BCUT2D eigenvalue weighted by atomic mass is 79.9. The fourth-order valence-electron chi connectivity index (χ4n) is 1.38. The van der Waals surface area contributed by atoms with E-state index in [0.29, 0.717) is 16.7 Å². The predicted molar refractivity (Wildman–Crippen MR) is 72.9 cm³/mol. The third kappa shape index (κ3) is 2.79. The van der Waals surface area contributed by atoms with Gasteiger partial charge < -0.3 is 4.74 Å². The first-order valence-corrected chi connectivity index (χ1v) is 6.30. The fraction of sp³-hybridized carbons (Fsp3) is 0.154. The zero-order valence-electron chi connectivity index (χ0n) is 9.50. The third-order valence-electron chi connectivity index (χ3n) is 2.34. The lowest BCUT2D eigenvalue weighted by Gasteiger charge is -2.09. The summed E-state index contributed by atoms with van der Waals surface area (Å²) >= 11 is 9.52. The van der Waals surface area contributed by atoms with Crippen molar-refractivity contribution in [3.05, 3.63) is 51.1 Å². The van der Waals surface area contributed by atoms with Crippen molar-refractivity contribution in [2.45, 2.75) is 13.8 Å². The fourth-order valence-corrected chi connectivity index (χ4v) is 1.85. The number of rotatable bonds is 2. The molecule has 0 bridgehead atoms. The second kappa shape index (κ2) is 5.07. The molecule has 0 aliphatic heterocycles. The molecule has 1 aromatic heterocycles. The molecule has 0 radical (unpaired) electrons. The molecule has 0 saturated carbocycles. The molecule has 2 nitrogen and oxygen atoms in total. The number of halogens is 2. The number of hydrogen-bond acceptors (Lipinski definition) is 2. The van der Waals surface area contributed by atoms with Crippen LogP contribution >= 0.6 is 27.5 Å². The van der Waals surface area contributed by atoms with Gasteiger partial charge in [0, 0.05) is 6.20 Å². The van der Waals surface area contributed by atoms with E-state index in [0.717, 1.165) is 15.6 Å². The van der Waals surface area contributed by atoms with Crippen LogP contribution in [0.15, 0.2) is 34.9 Å². The lowest BCUT2D eigenvalue weighted by Crippen LogP contribution is -1.92. The van der Waals surface area contributed by atoms with Gasteiger partial charge in [0.25, 0.3) is 0 Å². The van der Waals surface area contributed by atoms with Gasteiger partial charge in [0.05, 0.1) is 9.50 Å². The summed E-state index contributed by atoms with van der Waals surface area (Å²) in [6, 6.07) is 7.55. The van der Waals surface area contributed by atoms with Crippen LogP contribution in [0.2, 0.25) is 5.02 Å². The van der Waals surface area contributed by atoms with Crippen LogP contribution in [-0.2, 0) is 0 Å². The van der Waals surface area contributed by atoms with Gasteiger partial charge in [-0.25, -0.2) is 4.98 Å². The summed E-state index contributed by atoms with van der Waals surface area (Å²) in [4.78, 5) is 4.18. The minimum Gasteiger partial charge on any atom is -0.436 e. The maximum atomic E-state index is 6.07. The summed E-state index contributed by atoms with van der Waals surface area (Å²) < 4.78 is 6.56. The highest BCUT2D eigenvalue weighted by Crippen LogP contribution is 2.33. The minimum atomic E-state index is 0.525. The van der Waals surface area contributed by atoms with E-state index in [1.807, 2.05) is 38.1 Å². The number of pyridine rings is 1. The van der Waals surface area contributed by atoms with E-state index in [1.165, 1.54) is 0 Å². The Bertz CT molecular complexity index is 557. The van der Waals surface area contributed by atoms with E-state index >= 15 is 0 Å². The van der Waals surface area contributed by atoms with Crippen molar-refractivity contribution in [1.82, 2.24) is 4.98 Å². The van der Waals surface area contributed by atoms with E-state index in [9.17, 15) is 0 Å². The summed E-state index contributed by atoms with van der Waals surface area (Å²) in [6.07, 6.45) is 1.71. The van der Waals surface area contributed by atoms with Crippen molar-refractivity contribution < 1.29 is 4.74 Å². The van der Waals surface area contributed by atoms with E-state index in [1.54, 1.807) is 6.20 Å². The largest absolute Gasteiger partial charge is 0.436 e. The van der Waals surface area contributed by atoms with Crippen LogP contribution in [0.5, 0.6) is 11.6 Å². The Labute approximate surface area is 114 Å². The molecule has 0 unspecified atom stereocenters. The number of nitrogens with zero attached hydrogens (tertiary/aromatic N) is 1. The SMILES string of the molecule is Cc1ccc(Cl)c(Oc2nccc(C)c2Br)c1. The Balaban J connectivity index is 2.38. The molecule has 1 aromatic carbocycles. The van der Waals surface area contributed by atoms with Crippen LogP contribution in [0.4, 0.5) is 0 Å². The summed E-state index contributed by atoms with van der Waals surface area (Å²) in [6.45, 7) is 3.97. The molecular formula is C13H11BrClNO. The molecule has 0 N–H and O–H groups in total. The van der Waals surface area contributed by atoms with Crippen LogP contribution in [0, 0.1) is 13.8 Å². The molecule has 0 aliphatic carbocycles. The summed E-state index contributed by atoms with van der Waals surface area (Å²) in [7, 11) is 0. The van der Waals surface area contributed by atoms with Crippen molar-refractivity contribution in [3.63, 3.8) is 0 Å². The molecule has 0 fully saturated rings. The molecule has 2 rings (SSSR count). The van der Waals surface area contributed by atoms with Gasteiger partial charge in [0.1, 0.15) is 5.75 Å². The van der Waals surface area contributed by atoms with Gasteiger partial charge in [-0.15, -0.1) is 0 Å².